The lowest BCUT2D eigenvalue weighted by Gasteiger charge is -2.33. The third kappa shape index (κ3) is 4.19. The van der Waals surface area contributed by atoms with E-state index in [0.29, 0.717) is 0 Å². The maximum absolute atomic E-state index is 11.5. The van der Waals surface area contributed by atoms with Crippen LogP contribution < -0.4 is 5.32 Å². The Kier molecular flexibility index (Phi) is 5.44. The molecule has 0 bridgehead atoms. The Labute approximate surface area is 114 Å². The molecule has 1 saturated heterocycles. The summed E-state index contributed by atoms with van der Waals surface area (Å²) in [6.07, 6.45) is -0.761. The molecule has 2 amide bonds. The number of piperidine rings is 1. The Morgan fingerprint density at radius 3 is 2.30 bits per heavy atom. The van der Waals surface area contributed by atoms with Gasteiger partial charge in [-0.25, -0.2) is 4.79 Å². The highest BCUT2D eigenvalue weighted by atomic mass is 16.5. The van der Waals surface area contributed by atoms with E-state index in [4.69, 9.17) is 10.2 Å². The molecule has 0 saturated carbocycles. The number of rotatable bonds is 4. The molecule has 2 atom stereocenters. The van der Waals surface area contributed by atoms with Gasteiger partial charge < -0.3 is 14.9 Å². The summed E-state index contributed by atoms with van der Waals surface area (Å²) in [5.41, 5.74) is 0. The van der Waals surface area contributed by atoms with Gasteiger partial charge in [0.15, 0.2) is 0 Å². The maximum Gasteiger partial charge on any atom is 0.413 e. The predicted molar refractivity (Wildman–Crippen MR) is 63.9 cm³/mol. The fourth-order valence-corrected chi connectivity index (χ4v) is 2.12. The van der Waals surface area contributed by atoms with Crippen molar-refractivity contribution in [2.75, 3.05) is 26.7 Å². The molecule has 1 rings (SSSR count). The third-order valence-corrected chi connectivity index (χ3v) is 3.13. The summed E-state index contributed by atoms with van der Waals surface area (Å²) in [7, 11) is 1.11. The number of hydrogen-bond donors (Lipinski definition) is 3. The zero-order valence-corrected chi connectivity index (χ0v) is 10.9. The number of ether oxygens (including phenoxy) is 1. The molecule has 112 valence electrons. The number of carbonyl (C=O) groups is 4. The van der Waals surface area contributed by atoms with Gasteiger partial charge >= 0.3 is 18.0 Å². The number of carbonyl (C=O) groups excluding carboxylic acids is 2. The van der Waals surface area contributed by atoms with Gasteiger partial charge in [-0.2, -0.15) is 0 Å². The number of carboxylic acids is 2. The first kappa shape index (κ1) is 15.9. The van der Waals surface area contributed by atoms with Crippen molar-refractivity contribution in [1.29, 1.82) is 0 Å². The molecule has 1 aliphatic rings. The van der Waals surface area contributed by atoms with Gasteiger partial charge in [0.25, 0.3) is 0 Å². The first-order chi connectivity index (χ1) is 9.35. The fraction of sp³-hybridized carbons (Fsp3) is 0.636. The van der Waals surface area contributed by atoms with Crippen LogP contribution in [0.25, 0.3) is 0 Å². The van der Waals surface area contributed by atoms with Gasteiger partial charge in [0.05, 0.1) is 25.5 Å². The zero-order valence-electron chi connectivity index (χ0n) is 10.9. The van der Waals surface area contributed by atoms with Gasteiger partial charge in [-0.3, -0.25) is 24.6 Å². The Morgan fingerprint density at radius 1 is 1.20 bits per heavy atom. The second kappa shape index (κ2) is 6.85. The number of imide groups is 1. The third-order valence-electron chi connectivity index (χ3n) is 3.13. The molecule has 1 aliphatic heterocycles. The quantitative estimate of drug-likeness (QED) is 0.598. The summed E-state index contributed by atoms with van der Waals surface area (Å²) < 4.78 is 4.26. The predicted octanol–water partition coefficient (Wildman–Crippen LogP) is -1.02. The van der Waals surface area contributed by atoms with Crippen molar-refractivity contribution in [2.24, 2.45) is 11.8 Å². The lowest BCUT2D eigenvalue weighted by molar-refractivity contribution is -0.157. The van der Waals surface area contributed by atoms with E-state index in [1.807, 2.05) is 5.32 Å². The normalized spacial score (nSPS) is 22.9. The van der Waals surface area contributed by atoms with E-state index in [1.54, 1.807) is 0 Å². The number of alkyl carbamates (subject to hydrolysis) is 1. The van der Waals surface area contributed by atoms with Gasteiger partial charge in [-0.1, -0.05) is 0 Å². The zero-order chi connectivity index (χ0) is 15.3. The highest BCUT2D eigenvalue weighted by Crippen LogP contribution is 2.24. The summed E-state index contributed by atoms with van der Waals surface area (Å²) in [5, 5.41) is 19.9. The van der Waals surface area contributed by atoms with Crippen molar-refractivity contribution in [3.8, 4) is 0 Å². The highest BCUT2D eigenvalue weighted by molar-refractivity contribution is 5.92. The van der Waals surface area contributed by atoms with E-state index < -0.39 is 35.8 Å². The number of carboxylic acid groups (broad SMARTS) is 2. The Bertz CT molecular complexity index is 423. The number of amides is 2. The number of methoxy groups -OCH3 is 1. The molecule has 2 unspecified atom stereocenters. The Morgan fingerprint density at radius 2 is 1.80 bits per heavy atom. The molecule has 3 N–H and O–H groups in total. The Hall–Kier alpha value is -2.16. The van der Waals surface area contributed by atoms with Crippen molar-refractivity contribution in [3.05, 3.63) is 0 Å². The van der Waals surface area contributed by atoms with Crippen molar-refractivity contribution < 1.29 is 34.1 Å². The van der Waals surface area contributed by atoms with Crippen LogP contribution in [0.2, 0.25) is 0 Å². The average Bonchev–Trinajstić information content (AvgIpc) is 2.37. The monoisotopic (exact) mass is 288 g/mol. The van der Waals surface area contributed by atoms with Crippen LogP contribution in [0.5, 0.6) is 0 Å². The largest absolute Gasteiger partial charge is 0.481 e. The van der Waals surface area contributed by atoms with E-state index in [9.17, 15) is 19.2 Å². The van der Waals surface area contributed by atoms with E-state index in [0.717, 1.165) is 7.11 Å². The number of hydrogen-bond acceptors (Lipinski definition) is 6. The average molecular weight is 288 g/mol. The van der Waals surface area contributed by atoms with Crippen LogP contribution in [-0.4, -0.2) is 65.8 Å². The molecule has 0 aromatic heterocycles. The standard InChI is InChI=1S/C11H16N2O7/c1-20-11(19)12-8(14)5-13-3-2-6(9(15)16)7(4-13)10(17)18/h6-7H,2-5H2,1H3,(H,15,16)(H,17,18)(H,12,14,19). The number of nitrogens with one attached hydrogen (secondary N) is 1. The van der Waals surface area contributed by atoms with Crippen molar-refractivity contribution >= 4 is 23.9 Å². The van der Waals surface area contributed by atoms with Crippen LogP contribution in [0, 0.1) is 11.8 Å². The van der Waals surface area contributed by atoms with E-state index in [-0.39, 0.29) is 26.1 Å². The van der Waals surface area contributed by atoms with E-state index in [1.165, 1.54) is 4.90 Å². The summed E-state index contributed by atoms with van der Waals surface area (Å²) in [4.78, 5) is 45.8. The molecule has 20 heavy (non-hydrogen) atoms. The summed E-state index contributed by atoms with van der Waals surface area (Å²) >= 11 is 0. The lowest BCUT2D eigenvalue weighted by Crippen LogP contribution is -2.49. The molecule has 0 spiro atoms. The van der Waals surface area contributed by atoms with E-state index >= 15 is 0 Å². The first-order valence-electron chi connectivity index (χ1n) is 5.91. The van der Waals surface area contributed by atoms with Crippen LogP contribution in [0.1, 0.15) is 6.42 Å². The molecule has 0 aliphatic carbocycles. The molecule has 9 heteroatoms. The number of nitrogens with zero attached hydrogens (tertiary/aromatic N) is 1. The molecular formula is C11H16N2O7. The molecule has 0 radical (unpaired) electrons. The molecule has 1 heterocycles. The minimum Gasteiger partial charge on any atom is -0.481 e. The molecular weight excluding hydrogens is 272 g/mol. The number of aliphatic carboxylic acids is 2. The van der Waals surface area contributed by atoms with Crippen LogP contribution in [0.15, 0.2) is 0 Å². The highest BCUT2D eigenvalue weighted by Gasteiger charge is 2.39. The topological polar surface area (TPSA) is 133 Å². The summed E-state index contributed by atoms with van der Waals surface area (Å²) in [6.45, 7) is 0.0292. The SMILES string of the molecule is COC(=O)NC(=O)CN1CCC(C(=O)O)C(C(=O)O)C1. The number of likely N-dealkylation sites (tertiary alicyclic amines) is 1. The van der Waals surface area contributed by atoms with Crippen LogP contribution in [0.3, 0.4) is 0 Å². The van der Waals surface area contributed by atoms with Gasteiger partial charge in [-0.05, 0) is 13.0 Å². The second-order valence-corrected chi connectivity index (χ2v) is 4.45. The van der Waals surface area contributed by atoms with Crippen LogP contribution >= 0.6 is 0 Å². The molecule has 1 fully saturated rings. The van der Waals surface area contributed by atoms with Crippen LogP contribution in [-0.2, 0) is 19.1 Å². The van der Waals surface area contributed by atoms with Crippen molar-refractivity contribution in [2.45, 2.75) is 6.42 Å². The second-order valence-electron chi connectivity index (χ2n) is 4.45. The first-order valence-corrected chi connectivity index (χ1v) is 5.91. The van der Waals surface area contributed by atoms with Crippen molar-refractivity contribution in [3.63, 3.8) is 0 Å². The van der Waals surface area contributed by atoms with Crippen LogP contribution in [0.4, 0.5) is 4.79 Å². The van der Waals surface area contributed by atoms with Gasteiger partial charge in [0.1, 0.15) is 0 Å². The van der Waals surface area contributed by atoms with E-state index in [2.05, 4.69) is 4.74 Å². The van der Waals surface area contributed by atoms with Gasteiger partial charge in [0, 0.05) is 6.54 Å². The Balaban J connectivity index is 2.58. The fourth-order valence-electron chi connectivity index (χ4n) is 2.12. The molecule has 9 nitrogen and oxygen atoms in total. The minimum absolute atomic E-state index is 0.0547. The van der Waals surface area contributed by atoms with Crippen molar-refractivity contribution in [1.82, 2.24) is 10.2 Å². The maximum atomic E-state index is 11.5. The summed E-state index contributed by atoms with van der Waals surface area (Å²) in [6, 6.07) is 0. The lowest BCUT2D eigenvalue weighted by atomic mass is 9.85. The molecule has 0 aromatic carbocycles. The smallest absolute Gasteiger partial charge is 0.413 e. The molecule has 0 aromatic rings. The summed E-state index contributed by atoms with van der Waals surface area (Å²) in [5.74, 6) is -5.04. The van der Waals surface area contributed by atoms with Gasteiger partial charge in [-0.15, -0.1) is 0 Å². The van der Waals surface area contributed by atoms with Gasteiger partial charge in [0.2, 0.25) is 5.91 Å². The minimum atomic E-state index is -1.21.